The number of hydrogen-bond acceptors (Lipinski definition) is 3. The van der Waals surface area contributed by atoms with Crippen molar-refractivity contribution in [3.63, 3.8) is 0 Å². The predicted molar refractivity (Wildman–Crippen MR) is 71.2 cm³/mol. The highest BCUT2D eigenvalue weighted by molar-refractivity contribution is 6.34. The SMILES string of the molecule is Cc1ccc(NC(=O)c2cc(Cl)nnc2Cl)cc1. The Labute approximate surface area is 114 Å². The number of aromatic nitrogens is 2. The van der Waals surface area contributed by atoms with Gasteiger partial charge in [-0.05, 0) is 25.1 Å². The van der Waals surface area contributed by atoms with Crippen molar-refractivity contribution in [2.24, 2.45) is 0 Å². The molecular formula is C12H9Cl2N3O. The van der Waals surface area contributed by atoms with Gasteiger partial charge in [0.2, 0.25) is 0 Å². The number of carbonyl (C=O) groups is 1. The summed E-state index contributed by atoms with van der Waals surface area (Å²) in [4.78, 5) is 12.0. The van der Waals surface area contributed by atoms with E-state index in [1.165, 1.54) is 6.07 Å². The molecule has 1 heterocycles. The van der Waals surface area contributed by atoms with Gasteiger partial charge in [0.15, 0.2) is 10.3 Å². The van der Waals surface area contributed by atoms with Gasteiger partial charge < -0.3 is 5.32 Å². The van der Waals surface area contributed by atoms with Gasteiger partial charge in [-0.3, -0.25) is 4.79 Å². The topological polar surface area (TPSA) is 54.9 Å². The van der Waals surface area contributed by atoms with Crippen LogP contribution in [0, 0.1) is 6.92 Å². The largest absolute Gasteiger partial charge is 0.322 e. The summed E-state index contributed by atoms with van der Waals surface area (Å²) in [7, 11) is 0. The van der Waals surface area contributed by atoms with Crippen molar-refractivity contribution in [2.75, 3.05) is 5.32 Å². The summed E-state index contributed by atoms with van der Waals surface area (Å²) >= 11 is 11.5. The number of hydrogen-bond donors (Lipinski definition) is 1. The van der Waals surface area contributed by atoms with Crippen molar-refractivity contribution in [1.29, 1.82) is 0 Å². The fraction of sp³-hybridized carbons (Fsp3) is 0.0833. The van der Waals surface area contributed by atoms with Gasteiger partial charge in [-0.25, -0.2) is 0 Å². The zero-order chi connectivity index (χ0) is 13.1. The minimum absolute atomic E-state index is 0.0176. The number of amides is 1. The molecule has 4 nitrogen and oxygen atoms in total. The van der Waals surface area contributed by atoms with Crippen LogP contribution >= 0.6 is 23.2 Å². The maximum absolute atomic E-state index is 12.0. The normalized spacial score (nSPS) is 10.2. The Balaban J connectivity index is 2.21. The lowest BCUT2D eigenvalue weighted by Crippen LogP contribution is -2.13. The fourth-order valence-corrected chi connectivity index (χ4v) is 1.67. The summed E-state index contributed by atoms with van der Waals surface area (Å²) in [5.41, 5.74) is 1.98. The van der Waals surface area contributed by atoms with Gasteiger partial charge in [-0.2, -0.15) is 0 Å². The number of nitrogens with zero attached hydrogens (tertiary/aromatic N) is 2. The molecule has 1 aromatic carbocycles. The van der Waals surface area contributed by atoms with Gasteiger partial charge in [0.25, 0.3) is 5.91 Å². The van der Waals surface area contributed by atoms with Gasteiger partial charge in [0.05, 0.1) is 5.56 Å². The van der Waals surface area contributed by atoms with Crippen molar-refractivity contribution in [1.82, 2.24) is 10.2 Å². The maximum atomic E-state index is 12.0. The number of nitrogens with one attached hydrogen (secondary N) is 1. The Morgan fingerprint density at radius 2 is 1.83 bits per heavy atom. The third kappa shape index (κ3) is 2.97. The Hall–Kier alpha value is -1.65. The minimum Gasteiger partial charge on any atom is -0.322 e. The van der Waals surface area contributed by atoms with Gasteiger partial charge in [0, 0.05) is 5.69 Å². The van der Waals surface area contributed by atoms with E-state index in [0.29, 0.717) is 5.69 Å². The van der Waals surface area contributed by atoms with Crippen LogP contribution in [0.15, 0.2) is 30.3 Å². The smallest absolute Gasteiger partial charge is 0.258 e. The highest BCUT2D eigenvalue weighted by Gasteiger charge is 2.13. The standard InChI is InChI=1S/C12H9Cl2N3O/c1-7-2-4-8(5-3-7)15-12(18)9-6-10(13)16-17-11(9)14/h2-6H,1H3,(H,15,18). The molecule has 0 unspecified atom stereocenters. The first-order valence-electron chi connectivity index (χ1n) is 5.13. The van der Waals surface area contributed by atoms with E-state index >= 15 is 0 Å². The lowest BCUT2D eigenvalue weighted by molar-refractivity contribution is 0.102. The number of benzene rings is 1. The van der Waals surface area contributed by atoms with Crippen LogP contribution in [0.1, 0.15) is 15.9 Å². The second-order valence-corrected chi connectivity index (χ2v) is 4.44. The third-order valence-electron chi connectivity index (χ3n) is 2.27. The number of anilines is 1. The van der Waals surface area contributed by atoms with Gasteiger partial charge in [-0.15, -0.1) is 10.2 Å². The molecule has 0 fully saturated rings. The summed E-state index contributed by atoms with van der Waals surface area (Å²) in [5, 5.41) is 9.96. The molecule has 0 radical (unpaired) electrons. The number of aryl methyl sites for hydroxylation is 1. The van der Waals surface area contributed by atoms with Crippen molar-refractivity contribution < 1.29 is 4.79 Å². The Kier molecular flexibility index (Phi) is 3.79. The van der Waals surface area contributed by atoms with Crippen LogP contribution in [0.25, 0.3) is 0 Å². The first-order chi connectivity index (χ1) is 8.56. The van der Waals surface area contributed by atoms with Gasteiger partial charge in [0.1, 0.15) is 0 Å². The average molecular weight is 282 g/mol. The second kappa shape index (κ2) is 5.33. The molecule has 1 amide bonds. The van der Waals surface area contributed by atoms with Crippen LogP contribution in [-0.4, -0.2) is 16.1 Å². The second-order valence-electron chi connectivity index (χ2n) is 3.69. The van der Waals surface area contributed by atoms with Crippen LogP contribution in [0.2, 0.25) is 10.3 Å². The molecule has 92 valence electrons. The quantitative estimate of drug-likeness (QED) is 0.919. The zero-order valence-electron chi connectivity index (χ0n) is 9.45. The molecule has 0 aliphatic rings. The molecule has 2 aromatic rings. The van der Waals surface area contributed by atoms with Gasteiger partial charge in [-0.1, -0.05) is 40.9 Å². The molecule has 1 aromatic heterocycles. The Morgan fingerprint density at radius 3 is 2.50 bits per heavy atom. The van der Waals surface area contributed by atoms with E-state index in [2.05, 4.69) is 15.5 Å². The van der Waals surface area contributed by atoms with Crippen molar-refractivity contribution in [3.8, 4) is 0 Å². The first-order valence-corrected chi connectivity index (χ1v) is 5.88. The fourth-order valence-electron chi connectivity index (χ4n) is 1.35. The summed E-state index contributed by atoms with van der Waals surface area (Å²) in [6, 6.07) is 8.78. The van der Waals surface area contributed by atoms with Gasteiger partial charge >= 0.3 is 0 Å². The van der Waals surface area contributed by atoms with Crippen LogP contribution in [0.4, 0.5) is 5.69 Å². The minimum atomic E-state index is -0.374. The summed E-state index contributed by atoms with van der Waals surface area (Å²) in [6.45, 7) is 1.97. The molecule has 0 atom stereocenters. The molecule has 18 heavy (non-hydrogen) atoms. The molecule has 6 heteroatoms. The van der Waals surface area contributed by atoms with E-state index in [0.717, 1.165) is 5.56 Å². The van der Waals surface area contributed by atoms with E-state index < -0.39 is 0 Å². The number of carbonyl (C=O) groups excluding carboxylic acids is 1. The van der Waals surface area contributed by atoms with E-state index in [1.807, 2.05) is 19.1 Å². The lowest BCUT2D eigenvalue weighted by atomic mass is 10.2. The molecule has 0 bridgehead atoms. The molecule has 0 spiro atoms. The summed E-state index contributed by atoms with van der Waals surface area (Å²) < 4.78 is 0. The van der Waals surface area contributed by atoms with E-state index in [-0.39, 0.29) is 21.8 Å². The van der Waals surface area contributed by atoms with E-state index in [9.17, 15) is 4.79 Å². The van der Waals surface area contributed by atoms with E-state index in [4.69, 9.17) is 23.2 Å². The van der Waals surface area contributed by atoms with E-state index in [1.54, 1.807) is 12.1 Å². The molecule has 0 saturated heterocycles. The van der Waals surface area contributed by atoms with Crippen LogP contribution in [0.3, 0.4) is 0 Å². The summed E-state index contributed by atoms with van der Waals surface area (Å²) in [5.74, 6) is -0.374. The maximum Gasteiger partial charge on any atom is 0.258 e. The third-order valence-corrected chi connectivity index (χ3v) is 2.74. The molecule has 1 N–H and O–H groups in total. The highest BCUT2D eigenvalue weighted by Crippen LogP contribution is 2.17. The molecule has 2 rings (SSSR count). The molecule has 0 aliphatic carbocycles. The monoisotopic (exact) mass is 281 g/mol. The van der Waals surface area contributed by atoms with Crippen molar-refractivity contribution in [2.45, 2.75) is 6.92 Å². The Morgan fingerprint density at radius 1 is 1.17 bits per heavy atom. The van der Waals surface area contributed by atoms with Crippen molar-refractivity contribution >= 4 is 34.8 Å². The zero-order valence-corrected chi connectivity index (χ0v) is 11.0. The van der Waals surface area contributed by atoms with Crippen LogP contribution < -0.4 is 5.32 Å². The lowest BCUT2D eigenvalue weighted by Gasteiger charge is -2.06. The van der Waals surface area contributed by atoms with Crippen molar-refractivity contribution in [3.05, 3.63) is 51.8 Å². The molecular weight excluding hydrogens is 273 g/mol. The average Bonchev–Trinajstić information content (AvgIpc) is 2.35. The number of rotatable bonds is 2. The molecule has 0 saturated carbocycles. The predicted octanol–water partition coefficient (Wildman–Crippen LogP) is 3.34. The first kappa shape index (κ1) is 12.8. The highest BCUT2D eigenvalue weighted by atomic mass is 35.5. The number of halogens is 2. The molecule has 0 aliphatic heterocycles. The Bertz CT molecular complexity index is 584. The van der Waals surface area contributed by atoms with Crippen LogP contribution in [-0.2, 0) is 0 Å². The van der Waals surface area contributed by atoms with Crippen LogP contribution in [0.5, 0.6) is 0 Å². The summed E-state index contributed by atoms with van der Waals surface area (Å²) in [6.07, 6.45) is 0.